The second-order valence-electron chi connectivity index (χ2n) is 7.08. The molecular weight excluding hydrogens is 362 g/mol. The van der Waals surface area contributed by atoms with Crippen LogP contribution in [-0.4, -0.2) is 48.8 Å². The number of hydrogen-bond acceptors (Lipinski definition) is 5. The van der Waals surface area contributed by atoms with Crippen molar-refractivity contribution in [2.75, 3.05) is 26.2 Å². The minimum absolute atomic E-state index is 0.366. The molecule has 0 atom stereocenters. The van der Waals surface area contributed by atoms with Crippen molar-refractivity contribution in [1.82, 2.24) is 14.2 Å². The summed E-state index contributed by atoms with van der Waals surface area (Å²) in [6, 6.07) is 13.0. The van der Waals surface area contributed by atoms with Crippen LogP contribution in [0.15, 0.2) is 51.8 Å². The predicted molar refractivity (Wildman–Crippen MR) is 104 cm³/mol. The van der Waals surface area contributed by atoms with Gasteiger partial charge in [-0.2, -0.15) is 4.31 Å². The van der Waals surface area contributed by atoms with Crippen LogP contribution in [0.1, 0.15) is 17.0 Å². The van der Waals surface area contributed by atoms with Gasteiger partial charge in [0.2, 0.25) is 15.9 Å². The van der Waals surface area contributed by atoms with Gasteiger partial charge in [-0.05, 0) is 49.2 Å². The summed E-state index contributed by atoms with van der Waals surface area (Å²) in [4.78, 5) is 7.08. The van der Waals surface area contributed by atoms with Crippen LogP contribution in [0, 0.1) is 13.8 Å². The molecule has 6 nitrogen and oxygen atoms in total. The fourth-order valence-corrected chi connectivity index (χ4v) is 4.92. The lowest BCUT2D eigenvalue weighted by atomic mass is 10.2. The van der Waals surface area contributed by atoms with Gasteiger partial charge in [0.15, 0.2) is 5.58 Å². The second kappa shape index (κ2) is 7.07. The lowest BCUT2D eigenvalue weighted by Gasteiger charge is -2.33. The van der Waals surface area contributed by atoms with Crippen LogP contribution in [0.5, 0.6) is 0 Å². The number of hydrogen-bond donors (Lipinski definition) is 0. The Morgan fingerprint density at radius 1 is 1.00 bits per heavy atom. The number of oxazole rings is 1. The molecule has 142 valence electrons. The summed E-state index contributed by atoms with van der Waals surface area (Å²) >= 11 is 0. The number of piperazine rings is 1. The van der Waals surface area contributed by atoms with Gasteiger partial charge in [-0.1, -0.05) is 18.2 Å². The molecule has 0 unspecified atom stereocenters. The first kappa shape index (κ1) is 18.2. The monoisotopic (exact) mass is 385 g/mol. The van der Waals surface area contributed by atoms with Crippen molar-refractivity contribution < 1.29 is 12.8 Å². The Labute approximate surface area is 159 Å². The highest BCUT2D eigenvalue weighted by Crippen LogP contribution is 2.21. The van der Waals surface area contributed by atoms with Crippen molar-refractivity contribution in [3.63, 3.8) is 0 Å². The first-order valence-corrected chi connectivity index (χ1v) is 10.5. The van der Waals surface area contributed by atoms with E-state index in [1.807, 2.05) is 38.1 Å². The zero-order valence-corrected chi connectivity index (χ0v) is 16.4. The quantitative estimate of drug-likeness (QED) is 0.691. The summed E-state index contributed by atoms with van der Waals surface area (Å²) in [5, 5.41) is 0. The van der Waals surface area contributed by atoms with E-state index in [4.69, 9.17) is 4.42 Å². The molecule has 0 aliphatic carbocycles. The molecule has 0 spiro atoms. The maximum atomic E-state index is 12.8. The lowest BCUT2D eigenvalue weighted by Crippen LogP contribution is -2.48. The number of nitrogens with zero attached hydrogens (tertiary/aromatic N) is 3. The first-order valence-electron chi connectivity index (χ1n) is 9.07. The normalized spacial score (nSPS) is 16.8. The van der Waals surface area contributed by atoms with Crippen LogP contribution in [0.25, 0.3) is 11.1 Å². The summed E-state index contributed by atoms with van der Waals surface area (Å²) in [5.74, 6) is 0.672. The summed E-state index contributed by atoms with van der Waals surface area (Å²) in [5.41, 5.74) is 3.74. The van der Waals surface area contributed by atoms with Gasteiger partial charge in [0.1, 0.15) is 5.52 Å². The maximum Gasteiger partial charge on any atom is 0.243 e. The number of rotatable bonds is 4. The smallest absolute Gasteiger partial charge is 0.243 e. The van der Waals surface area contributed by atoms with Gasteiger partial charge in [-0.15, -0.1) is 0 Å². The van der Waals surface area contributed by atoms with Crippen molar-refractivity contribution in [2.24, 2.45) is 0 Å². The van der Waals surface area contributed by atoms with Gasteiger partial charge in [0.25, 0.3) is 0 Å². The highest BCUT2D eigenvalue weighted by molar-refractivity contribution is 7.89. The van der Waals surface area contributed by atoms with Gasteiger partial charge in [0, 0.05) is 26.2 Å². The van der Waals surface area contributed by atoms with Crippen LogP contribution in [-0.2, 0) is 16.6 Å². The van der Waals surface area contributed by atoms with Crippen molar-refractivity contribution in [2.45, 2.75) is 25.3 Å². The van der Waals surface area contributed by atoms with Gasteiger partial charge >= 0.3 is 0 Å². The van der Waals surface area contributed by atoms with E-state index in [0.29, 0.717) is 43.5 Å². The van der Waals surface area contributed by atoms with Gasteiger partial charge < -0.3 is 4.42 Å². The molecule has 1 saturated heterocycles. The lowest BCUT2D eigenvalue weighted by molar-refractivity contribution is 0.169. The van der Waals surface area contributed by atoms with Crippen LogP contribution < -0.4 is 0 Å². The maximum absolute atomic E-state index is 12.8. The molecule has 0 bridgehead atoms. The van der Waals surface area contributed by atoms with Crippen molar-refractivity contribution >= 4 is 21.1 Å². The molecular formula is C20H23N3O3S. The van der Waals surface area contributed by atoms with E-state index in [1.54, 1.807) is 22.5 Å². The largest absolute Gasteiger partial charge is 0.439 e. The second-order valence-corrected chi connectivity index (χ2v) is 9.01. The molecule has 27 heavy (non-hydrogen) atoms. The van der Waals surface area contributed by atoms with Crippen LogP contribution in [0.3, 0.4) is 0 Å². The SMILES string of the molecule is Cc1cccc(S(=O)(=O)N2CCN(Cc3nc4ccc(C)cc4o3)CC2)c1. The zero-order valence-electron chi connectivity index (χ0n) is 15.6. The highest BCUT2D eigenvalue weighted by atomic mass is 32.2. The van der Waals surface area contributed by atoms with Crippen molar-refractivity contribution in [3.8, 4) is 0 Å². The predicted octanol–water partition coefficient (Wildman–Crippen LogP) is 2.95. The molecule has 3 aromatic rings. The van der Waals surface area contributed by atoms with E-state index in [9.17, 15) is 8.42 Å². The number of aryl methyl sites for hydroxylation is 2. The van der Waals surface area contributed by atoms with Crippen LogP contribution in [0.2, 0.25) is 0 Å². The van der Waals surface area contributed by atoms with Gasteiger partial charge in [-0.3, -0.25) is 4.90 Å². The minimum Gasteiger partial charge on any atom is -0.439 e. The van der Waals surface area contributed by atoms with Crippen molar-refractivity contribution in [3.05, 3.63) is 59.5 Å². The first-order chi connectivity index (χ1) is 12.9. The Hall–Kier alpha value is -2.22. The Balaban J connectivity index is 1.42. The summed E-state index contributed by atoms with van der Waals surface area (Å²) in [6.45, 7) is 6.76. The Morgan fingerprint density at radius 3 is 2.48 bits per heavy atom. The average Bonchev–Trinajstić information content (AvgIpc) is 3.03. The standard InChI is InChI=1S/C20H23N3O3S/c1-15-4-3-5-17(12-15)27(24,25)23-10-8-22(9-11-23)14-20-21-18-7-6-16(2)13-19(18)26-20/h3-7,12-13H,8-11,14H2,1-2H3. The summed E-state index contributed by atoms with van der Waals surface area (Å²) < 4.78 is 33.1. The molecule has 0 amide bonds. The van der Waals surface area contributed by atoms with E-state index in [-0.39, 0.29) is 0 Å². The molecule has 4 rings (SSSR count). The Bertz CT molecular complexity index is 1070. The molecule has 2 heterocycles. The third kappa shape index (κ3) is 3.76. The van der Waals surface area contributed by atoms with E-state index in [2.05, 4.69) is 9.88 Å². The summed E-state index contributed by atoms with van der Waals surface area (Å²) in [7, 11) is -3.44. The third-order valence-corrected chi connectivity index (χ3v) is 6.80. The van der Waals surface area contributed by atoms with E-state index in [1.165, 1.54) is 0 Å². The average molecular weight is 385 g/mol. The van der Waals surface area contributed by atoms with Crippen molar-refractivity contribution in [1.29, 1.82) is 0 Å². The molecule has 1 aliphatic heterocycles. The third-order valence-electron chi connectivity index (χ3n) is 4.91. The number of benzene rings is 2. The molecule has 0 radical (unpaired) electrons. The van der Waals surface area contributed by atoms with E-state index >= 15 is 0 Å². The fraction of sp³-hybridized carbons (Fsp3) is 0.350. The highest BCUT2D eigenvalue weighted by Gasteiger charge is 2.29. The summed E-state index contributed by atoms with van der Waals surface area (Å²) in [6.07, 6.45) is 0. The number of sulfonamides is 1. The topological polar surface area (TPSA) is 66.7 Å². The number of aromatic nitrogens is 1. The van der Waals surface area contributed by atoms with Gasteiger partial charge in [-0.25, -0.2) is 13.4 Å². The molecule has 0 N–H and O–H groups in total. The number of fused-ring (bicyclic) bond motifs is 1. The van der Waals surface area contributed by atoms with E-state index in [0.717, 1.165) is 22.2 Å². The molecule has 7 heteroatoms. The van der Waals surface area contributed by atoms with Crippen LogP contribution >= 0.6 is 0 Å². The zero-order chi connectivity index (χ0) is 19.0. The Kier molecular flexibility index (Phi) is 4.75. The molecule has 2 aromatic carbocycles. The van der Waals surface area contributed by atoms with E-state index < -0.39 is 10.0 Å². The fourth-order valence-electron chi connectivity index (χ4n) is 3.39. The molecule has 1 aromatic heterocycles. The Morgan fingerprint density at radius 2 is 1.74 bits per heavy atom. The molecule has 1 aliphatic rings. The van der Waals surface area contributed by atoms with Gasteiger partial charge in [0.05, 0.1) is 11.4 Å². The minimum atomic E-state index is -3.44. The van der Waals surface area contributed by atoms with Crippen LogP contribution in [0.4, 0.5) is 0 Å². The molecule has 1 fully saturated rings. The molecule has 0 saturated carbocycles.